The molecule has 0 aliphatic heterocycles. The Labute approximate surface area is 154 Å². The summed E-state index contributed by atoms with van der Waals surface area (Å²) in [4.78, 5) is 16.4. The van der Waals surface area contributed by atoms with Gasteiger partial charge in [0.15, 0.2) is 0 Å². The van der Waals surface area contributed by atoms with Gasteiger partial charge in [-0.2, -0.15) is 0 Å². The van der Waals surface area contributed by atoms with Crippen LogP contribution < -0.4 is 5.73 Å². The molecule has 2 aromatic carbocycles. The van der Waals surface area contributed by atoms with E-state index >= 15 is 0 Å². The van der Waals surface area contributed by atoms with Gasteiger partial charge < -0.3 is 10.6 Å². The van der Waals surface area contributed by atoms with E-state index in [0.717, 1.165) is 5.56 Å². The maximum Gasteiger partial charge on any atom is 0.358 e. The summed E-state index contributed by atoms with van der Waals surface area (Å²) in [5, 5.41) is 5.10. The van der Waals surface area contributed by atoms with E-state index in [-0.39, 0.29) is 12.3 Å². The summed E-state index contributed by atoms with van der Waals surface area (Å²) < 4.78 is 0. The first kappa shape index (κ1) is 18.3. The average molecular weight is 384 g/mol. The number of halogens is 3. The third kappa shape index (κ3) is 5.57. The fourth-order valence-corrected chi connectivity index (χ4v) is 2.47. The van der Waals surface area contributed by atoms with Gasteiger partial charge in [0.25, 0.3) is 0 Å². The van der Waals surface area contributed by atoms with E-state index in [1.807, 2.05) is 6.07 Å². The van der Waals surface area contributed by atoms with Crippen LogP contribution >= 0.6 is 34.8 Å². The second kappa shape index (κ2) is 8.73. The van der Waals surface area contributed by atoms with Crippen molar-refractivity contribution < 1.29 is 9.63 Å². The Morgan fingerprint density at radius 1 is 1.12 bits per heavy atom. The molecule has 2 rings (SSSR count). The summed E-state index contributed by atoms with van der Waals surface area (Å²) in [5.74, 6) is -0.557. The van der Waals surface area contributed by atoms with Crippen molar-refractivity contribution >= 4 is 52.7 Å². The van der Waals surface area contributed by atoms with Crippen LogP contribution in [0.5, 0.6) is 0 Å². The lowest BCUT2D eigenvalue weighted by Crippen LogP contribution is -2.16. The summed E-state index contributed by atoms with van der Waals surface area (Å²) in [5.41, 5.74) is 7.15. The highest BCUT2D eigenvalue weighted by atomic mass is 35.5. The van der Waals surface area contributed by atoms with Gasteiger partial charge in [0.1, 0.15) is 5.84 Å². The number of nitrogens with zero attached hydrogens (tertiary/aromatic N) is 1. The van der Waals surface area contributed by atoms with Gasteiger partial charge in [0, 0.05) is 27.6 Å². The van der Waals surface area contributed by atoms with Gasteiger partial charge in [-0.15, -0.1) is 0 Å². The van der Waals surface area contributed by atoms with E-state index in [1.54, 1.807) is 36.4 Å². The molecule has 0 aliphatic rings. The minimum atomic E-state index is -0.667. The Bertz CT molecular complexity index is 804. The van der Waals surface area contributed by atoms with E-state index in [1.165, 1.54) is 12.2 Å². The van der Waals surface area contributed by atoms with Gasteiger partial charge in [0.05, 0.1) is 0 Å². The van der Waals surface area contributed by atoms with Crippen LogP contribution in [0.4, 0.5) is 0 Å². The van der Waals surface area contributed by atoms with Crippen LogP contribution in [-0.4, -0.2) is 11.8 Å². The Balaban J connectivity index is 1.94. The molecule has 7 heteroatoms. The van der Waals surface area contributed by atoms with Crippen LogP contribution in [0.1, 0.15) is 11.1 Å². The number of hydrogen-bond donors (Lipinski definition) is 1. The van der Waals surface area contributed by atoms with Crippen molar-refractivity contribution in [1.82, 2.24) is 0 Å². The molecule has 0 atom stereocenters. The highest BCUT2D eigenvalue weighted by Crippen LogP contribution is 2.21. The number of carbonyl (C=O) groups is 1. The van der Waals surface area contributed by atoms with Crippen molar-refractivity contribution in [2.45, 2.75) is 6.42 Å². The summed E-state index contributed by atoms with van der Waals surface area (Å²) in [6.07, 6.45) is 2.98. The minimum absolute atomic E-state index is 0.110. The number of oxime groups is 1. The number of benzene rings is 2. The van der Waals surface area contributed by atoms with Crippen molar-refractivity contribution in [1.29, 1.82) is 0 Å². The normalized spacial score (nSPS) is 11.7. The Morgan fingerprint density at radius 3 is 2.58 bits per heavy atom. The van der Waals surface area contributed by atoms with E-state index < -0.39 is 5.97 Å². The second-order valence-corrected chi connectivity index (χ2v) is 6.01. The molecule has 4 nitrogen and oxygen atoms in total. The highest BCUT2D eigenvalue weighted by Gasteiger charge is 2.05. The molecule has 0 heterocycles. The summed E-state index contributed by atoms with van der Waals surface area (Å²) in [6.45, 7) is 0. The van der Waals surface area contributed by atoms with E-state index in [2.05, 4.69) is 5.16 Å². The average Bonchev–Trinajstić information content (AvgIpc) is 2.55. The number of carbonyl (C=O) groups excluding carboxylic acids is 1. The van der Waals surface area contributed by atoms with Crippen LogP contribution in [-0.2, 0) is 16.1 Å². The lowest BCUT2D eigenvalue weighted by atomic mass is 10.1. The number of hydrogen-bond acceptors (Lipinski definition) is 3. The van der Waals surface area contributed by atoms with Crippen LogP contribution in [0.25, 0.3) is 6.08 Å². The van der Waals surface area contributed by atoms with Gasteiger partial charge >= 0.3 is 5.97 Å². The molecule has 0 saturated carbocycles. The predicted molar refractivity (Wildman–Crippen MR) is 98.4 cm³/mol. The molecule has 0 saturated heterocycles. The monoisotopic (exact) mass is 382 g/mol. The molecule has 0 aromatic heterocycles. The van der Waals surface area contributed by atoms with E-state index in [9.17, 15) is 4.79 Å². The molecule has 0 fully saturated rings. The number of amidine groups is 1. The first-order chi connectivity index (χ1) is 11.5. The predicted octanol–water partition coefficient (Wildman–Crippen LogP) is 4.72. The lowest BCUT2D eigenvalue weighted by Gasteiger charge is -2.03. The Morgan fingerprint density at radius 2 is 1.88 bits per heavy atom. The van der Waals surface area contributed by atoms with E-state index in [4.69, 9.17) is 45.4 Å². The Hall–Kier alpha value is -2.01. The third-order valence-corrected chi connectivity index (χ3v) is 3.87. The molecule has 0 bridgehead atoms. The van der Waals surface area contributed by atoms with Crippen molar-refractivity contribution in [2.75, 3.05) is 0 Å². The van der Waals surface area contributed by atoms with Gasteiger partial charge in [-0.3, -0.25) is 0 Å². The first-order valence-electron chi connectivity index (χ1n) is 6.85. The van der Waals surface area contributed by atoms with Crippen molar-refractivity contribution in [2.24, 2.45) is 10.9 Å². The molecule has 2 aromatic rings. The van der Waals surface area contributed by atoms with Crippen molar-refractivity contribution in [3.05, 3.63) is 74.7 Å². The fraction of sp³-hybridized carbons (Fsp3) is 0.0588. The molecule has 0 spiro atoms. The number of nitrogens with two attached hydrogens (primary N) is 1. The SMILES string of the molecule is N/C(Cc1ccc(Cl)cc1Cl)=N\OC(=O)/C=C/c1ccccc1Cl. The summed E-state index contributed by atoms with van der Waals surface area (Å²) >= 11 is 17.8. The molecule has 0 unspecified atom stereocenters. The molecule has 2 N–H and O–H groups in total. The van der Waals surface area contributed by atoms with Crippen LogP contribution in [0.3, 0.4) is 0 Å². The van der Waals surface area contributed by atoms with Gasteiger partial charge in [0.2, 0.25) is 0 Å². The standard InChI is InChI=1S/C17H13Cl3N2O2/c18-13-7-5-12(15(20)10-13)9-16(21)22-24-17(23)8-6-11-3-1-2-4-14(11)19/h1-8,10H,9H2,(H2,21,22)/b8-6+. The van der Waals surface area contributed by atoms with Crippen LogP contribution in [0.15, 0.2) is 53.7 Å². The van der Waals surface area contributed by atoms with Crippen LogP contribution in [0.2, 0.25) is 15.1 Å². The lowest BCUT2D eigenvalue weighted by molar-refractivity contribution is -0.137. The quantitative estimate of drug-likeness (QED) is 0.267. The molecular formula is C17H13Cl3N2O2. The van der Waals surface area contributed by atoms with Gasteiger partial charge in [-0.25, -0.2) is 4.79 Å². The maximum absolute atomic E-state index is 11.6. The van der Waals surface area contributed by atoms with Crippen LogP contribution in [0, 0.1) is 0 Å². The fourth-order valence-electron chi connectivity index (χ4n) is 1.79. The highest BCUT2D eigenvalue weighted by molar-refractivity contribution is 6.35. The Kier molecular flexibility index (Phi) is 6.67. The van der Waals surface area contributed by atoms with Crippen molar-refractivity contribution in [3.63, 3.8) is 0 Å². The molecular weight excluding hydrogens is 371 g/mol. The first-order valence-corrected chi connectivity index (χ1v) is 7.99. The largest absolute Gasteiger partial charge is 0.384 e. The maximum atomic E-state index is 11.6. The van der Waals surface area contributed by atoms with Crippen molar-refractivity contribution in [3.8, 4) is 0 Å². The zero-order valence-electron chi connectivity index (χ0n) is 12.4. The van der Waals surface area contributed by atoms with Gasteiger partial charge in [-0.1, -0.05) is 64.2 Å². The summed E-state index contributed by atoms with van der Waals surface area (Å²) in [6, 6.07) is 12.1. The summed E-state index contributed by atoms with van der Waals surface area (Å²) in [7, 11) is 0. The zero-order chi connectivity index (χ0) is 17.5. The van der Waals surface area contributed by atoms with Gasteiger partial charge in [-0.05, 0) is 35.4 Å². The molecule has 0 amide bonds. The zero-order valence-corrected chi connectivity index (χ0v) is 14.6. The molecule has 0 radical (unpaired) electrons. The molecule has 124 valence electrons. The minimum Gasteiger partial charge on any atom is -0.384 e. The second-order valence-electron chi connectivity index (χ2n) is 4.76. The topological polar surface area (TPSA) is 64.7 Å². The smallest absolute Gasteiger partial charge is 0.358 e. The number of rotatable bonds is 5. The third-order valence-electron chi connectivity index (χ3n) is 2.94. The molecule has 0 aliphatic carbocycles. The molecule has 24 heavy (non-hydrogen) atoms. The van der Waals surface area contributed by atoms with E-state index in [0.29, 0.717) is 20.6 Å².